The molecule has 11 heteroatoms. The molecule has 0 spiro atoms. The Morgan fingerprint density at radius 1 is 0.510 bits per heavy atom. The Morgan fingerprint density at radius 2 is 0.939 bits per heavy atom. The number of esters is 2. The van der Waals surface area contributed by atoms with Gasteiger partial charge in [0.05, 0.1) is 60.5 Å². The zero-order valence-electron chi connectivity index (χ0n) is 30.0. The Hall–Kier alpha value is -3.54. The van der Waals surface area contributed by atoms with E-state index in [-0.39, 0.29) is 13.1 Å². The van der Waals surface area contributed by atoms with Crippen molar-refractivity contribution in [1.82, 2.24) is 0 Å². The van der Waals surface area contributed by atoms with Crippen LogP contribution in [0.25, 0.3) is 0 Å². The fraction of sp³-hybridized carbons (Fsp3) is 0.632. The number of para-hydroxylation sites is 1. The molecule has 0 aliphatic heterocycles. The summed E-state index contributed by atoms with van der Waals surface area (Å²) in [6.45, 7) is 6.37. The van der Waals surface area contributed by atoms with Crippen LogP contribution in [0, 0.1) is 0 Å². The van der Waals surface area contributed by atoms with E-state index in [9.17, 15) is 9.59 Å². The molecule has 0 aliphatic rings. The van der Waals surface area contributed by atoms with E-state index in [0.29, 0.717) is 70.0 Å². The minimum Gasteiger partial charge on any atom is -0.494 e. The number of carbonyl (C=O) groups is 2. The number of carbonyl (C=O) groups excluding carboxylic acids is 2. The highest BCUT2D eigenvalue weighted by Crippen LogP contribution is 2.29. The van der Waals surface area contributed by atoms with Gasteiger partial charge in [-0.25, -0.2) is 0 Å². The second-order valence-electron chi connectivity index (χ2n) is 11.5. The minimum absolute atomic E-state index is 0.135. The summed E-state index contributed by atoms with van der Waals surface area (Å²) in [6, 6.07) is 15.3. The summed E-state index contributed by atoms with van der Waals surface area (Å²) in [5.41, 5.74) is 0.579. The number of methoxy groups -OCH3 is 2. The van der Waals surface area contributed by atoms with Gasteiger partial charge < -0.3 is 42.8 Å². The lowest BCUT2D eigenvalue weighted by Gasteiger charge is -2.23. The van der Waals surface area contributed by atoms with Gasteiger partial charge in [0, 0.05) is 30.5 Å². The van der Waals surface area contributed by atoms with Crippen molar-refractivity contribution in [3.63, 3.8) is 0 Å². The molecule has 2 aromatic carbocycles. The normalized spacial score (nSPS) is 10.8. The van der Waals surface area contributed by atoms with Crippen LogP contribution in [0.1, 0.15) is 71.1 Å². The predicted molar refractivity (Wildman–Crippen MR) is 190 cm³/mol. The quantitative estimate of drug-likeness (QED) is 0.0627. The van der Waals surface area contributed by atoms with Crippen LogP contribution in [0.2, 0.25) is 0 Å². The number of nitrogens with zero attached hydrogens (tertiary/aromatic N) is 1. The molecule has 11 nitrogen and oxygen atoms in total. The van der Waals surface area contributed by atoms with E-state index in [1.54, 1.807) is 17.0 Å². The van der Waals surface area contributed by atoms with Gasteiger partial charge in [-0.2, -0.15) is 0 Å². The van der Waals surface area contributed by atoms with Crippen molar-refractivity contribution in [3.05, 3.63) is 48.5 Å². The molecular weight excluding hydrogens is 630 g/mol. The lowest BCUT2D eigenvalue weighted by molar-refractivity contribution is -0.140. The maximum Gasteiger partial charge on any atom is 0.325 e. The summed E-state index contributed by atoms with van der Waals surface area (Å²) in [7, 11) is 2.61. The lowest BCUT2D eigenvalue weighted by atomic mass is 10.1. The second-order valence-corrected chi connectivity index (χ2v) is 11.5. The van der Waals surface area contributed by atoms with Crippen molar-refractivity contribution >= 4 is 17.6 Å². The minimum atomic E-state index is -0.483. The summed E-state index contributed by atoms with van der Waals surface area (Å²) >= 11 is 0. The lowest BCUT2D eigenvalue weighted by Crippen LogP contribution is -2.35. The van der Waals surface area contributed by atoms with E-state index in [1.165, 1.54) is 59.2 Å². The molecule has 0 saturated heterocycles. The number of hydrogen-bond donors (Lipinski definition) is 0. The Kier molecular flexibility index (Phi) is 24.1. The average Bonchev–Trinajstić information content (AvgIpc) is 3.12. The van der Waals surface area contributed by atoms with Crippen LogP contribution in [-0.2, 0) is 33.3 Å². The zero-order valence-corrected chi connectivity index (χ0v) is 30.0. The third kappa shape index (κ3) is 21.2. The van der Waals surface area contributed by atoms with Crippen molar-refractivity contribution in [2.45, 2.75) is 71.1 Å². The molecule has 0 unspecified atom stereocenters. The van der Waals surface area contributed by atoms with Crippen molar-refractivity contribution in [1.29, 1.82) is 0 Å². The van der Waals surface area contributed by atoms with Crippen LogP contribution in [0.15, 0.2) is 48.5 Å². The highest BCUT2D eigenvalue weighted by Gasteiger charge is 2.18. The van der Waals surface area contributed by atoms with E-state index >= 15 is 0 Å². The highest BCUT2D eigenvalue weighted by molar-refractivity contribution is 5.81. The third-order valence-electron chi connectivity index (χ3n) is 7.59. The number of anilines is 1. The smallest absolute Gasteiger partial charge is 0.325 e. The van der Waals surface area contributed by atoms with Gasteiger partial charge >= 0.3 is 11.9 Å². The molecule has 276 valence electrons. The Morgan fingerprint density at radius 3 is 1.43 bits per heavy atom. The highest BCUT2D eigenvalue weighted by atomic mass is 16.6. The van der Waals surface area contributed by atoms with E-state index in [4.69, 9.17) is 37.9 Å². The maximum absolute atomic E-state index is 12.1. The molecule has 0 N–H and O–H groups in total. The van der Waals surface area contributed by atoms with Gasteiger partial charge in [-0.3, -0.25) is 9.59 Å². The van der Waals surface area contributed by atoms with Crippen LogP contribution < -0.4 is 19.1 Å². The topological polar surface area (TPSA) is 111 Å². The van der Waals surface area contributed by atoms with E-state index in [1.807, 2.05) is 43.3 Å². The molecule has 0 saturated carbocycles. The molecule has 0 heterocycles. The first-order valence-corrected chi connectivity index (χ1v) is 17.8. The molecule has 0 fully saturated rings. The van der Waals surface area contributed by atoms with Crippen LogP contribution >= 0.6 is 0 Å². The fourth-order valence-corrected chi connectivity index (χ4v) is 4.90. The monoisotopic (exact) mass is 689 g/mol. The zero-order chi connectivity index (χ0) is 35.2. The van der Waals surface area contributed by atoms with Gasteiger partial charge in [0.2, 0.25) is 0 Å². The molecule has 49 heavy (non-hydrogen) atoms. The molecule has 0 amide bonds. The first-order valence-electron chi connectivity index (χ1n) is 17.8. The summed E-state index contributed by atoms with van der Waals surface area (Å²) in [5.74, 6) is 1.10. The standard InChI is InChI=1S/C38H59NO10/c1-4-44-22-23-45-24-25-46-26-27-49-36-29-33(39(31-37(40)42-2)32-38(41)43-3)28-35(30-36)48-21-17-12-10-8-6-5-7-9-11-16-20-47-34-18-14-13-15-19-34/h13-15,18-19,28-30H,4-12,16-17,20-27,31-32H2,1-3H3. The molecule has 0 atom stereocenters. The van der Waals surface area contributed by atoms with E-state index in [2.05, 4.69) is 0 Å². The number of unbranched alkanes of at least 4 members (excludes halogenated alkanes) is 9. The molecular formula is C38H59NO10. The first-order chi connectivity index (χ1) is 24.0. The molecule has 2 rings (SSSR count). The van der Waals surface area contributed by atoms with Crippen molar-refractivity contribution < 1.29 is 47.5 Å². The van der Waals surface area contributed by atoms with Gasteiger partial charge in [0.1, 0.15) is 36.9 Å². The number of benzene rings is 2. The summed E-state index contributed by atoms with van der Waals surface area (Å²) in [4.78, 5) is 25.9. The van der Waals surface area contributed by atoms with E-state index < -0.39 is 11.9 Å². The van der Waals surface area contributed by atoms with Crippen LogP contribution in [-0.4, -0.2) is 98.7 Å². The average molecular weight is 690 g/mol. The van der Waals surface area contributed by atoms with Crippen molar-refractivity contribution in [2.24, 2.45) is 0 Å². The van der Waals surface area contributed by atoms with Gasteiger partial charge in [0.25, 0.3) is 0 Å². The first kappa shape index (κ1) is 41.6. The Balaban J connectivity index is 1.72. The van der Waals surface area contributed by atoms with Gasteiger partial charge in [-0.05, 0) is 31.9 Å². The van der Waals surface area contributed by atoms with Crippen molar-refractivity contribution in [2.75, 3.05) is 91.7 Å². The Bertz CT molecular complexity index is 1100. The number of ether oxygens (including phenoxy) is 8. The summed E-state index contributed by atoms with van der Waals surface area (Å²) in [5, 5.41) is 0. The predicted octanol–water partition coefficient (Wildman–Crippen LogP) is 6.65. The second kappa shape index (κ2) is 28.3. The Labute approximate surface area is 293 Å². The van der Waals surface area contributed by atoms with Crippen molar-refractivity contribution in [3.8, 4) is 17.2 Å². The molecule has 2 aromatic rings. The summed E-state index contributed by atoms with van der Waals surface area (Å²) in [6.07, 6.45) is 11.8. The number of hydrogen-bond acceptors (Lipinski definition) is 11. The SMILES string of the molecule is CCOCCOCCOCCOc1cc(OCCCCCCCCCCCCOc2ccccc2)cc(N(CC(=O)OC)CC(=O)OC)c1. The molecule has 0 radical (unpaired) electrons. The largest absolute Gasteiger partial charge is 0.494 e. The van der Waals surface area contributed by atoms with Gasteiger partial charge in [0.15, 0.2) is 0 Å². The molecule has 0 bridgehead atoms. The fourth-order valence-electron chi connectivity index (χ4n) is 4.90. The van der Waals surface area contributed by atoms with Crippen LogP contribution in [0.5, 0.6) is 17.2 Å². The van der Waals surface area contributed by atoms with Gasteiger partial charge in [-0.1, -0.05) is 69.6 Å². The van der Waals surface area contributed by atoms with Crippen LogP contribution in [0.4, 0.5) is 5.69 Å². The maximum atomic E-state index is 12.1. The van der Waals surface area contributed by atoms with Crippen LogP contribution in [0.3, 0.4) is 0 Å². The number of rotatable bonds is 31. The van der Waals surface area contributed by atoms with Gasteiger partial charge in [-0.15, -0.1) is 0 Å². The third-order valence-corrected chi connectivity index (χ3v) is 7.59. The molecule has 0 aromatic heterocycles. The molecule has 0 aliphatic carbocycles. The van der Waals surface area contributed by atoms with E-state index in [0.717, 1.165) is 31.6 Å². The summed E-state index contributed by atoms with van der Waals surface area (Å²) < 4.78 is 43.9.